The van der Waals surface area contributed by atoms with E-state index in [1.165, 1.54) is 0 Å². The lowest BCUT2D eigenvalue weighted by Crippen LogP contribution is -2.09. The number of unbranched alkanes of at least 4 members (excludes halogenated alkanes) is 1. The first-order valence-electron chi connectivity index (χ1n) is 4.44. The molecule has 1 unspecified atom stereocenters. The van der Waals surface area contributed by atoms with Gasteiger partial charge in [-0.05, 0) is 6.42 Å². The first kappa shape index (κ1) is 12.8. The summed E-state index contributed by atoms with van der Waals surface area (Å²) >= 11 is 0. The molecule has 0 fully saturated rings. The summed E-state index contributed by atoms with van der Waals surface area (Å²) in [6.45, 7) is 1.93. The van der Waals surface area contributed by atoms with E-state index in [0.717, 1.165) is 19.1 Å². The van der Waals surface area contributed by atoms with Gasteiger partial charge in [0.05, 0.1) is 12.9 Å². The standard InChI is InChI=1S/C8H17FO3S/c1-3-4-5-8(9)6-7-12-13(2,10)11/h8H,3-7H2,1-2H3. The molecule has 0 amide bonds. The molecule has 0 bridgehead atoms. The summed E-state index contributed by atoms with van der Waals surface area (Å²) in [7, 11) is -3.41. The van der Waals surface area contributed by atoms with E-state index < -0.39 is 16.3 Å². The van der Waals surface area contributed by atoms with Gasteiger partial charge < -0.3 is 0 Å². The Hall–Kier alpha value is -0.160. The maximum atomic E-state index is 12.9. The highest BCUT2D eigenvalue weighted by atomic mass is 32.2. The molecule has 0 aliphatic carbocycles. The van der Waals surface area contributed by atoms with E-state index in [4.69, 9.17) is 0 Å². The van der Waals surface area contributed by atoms with Crippen LogP contribution >= 0.6 is 0 Å². The van der Waals surface area contributed by atoms with Crippen molar-refractivity contribution in [2.45, 2.75) is 38.8 Å². The molecule has 0 saturated heterocycles. The maximum Gasteiger partial charge on any atom is 0.264 e. The highest BCUT2D eigenvalue weighted by molar-refractivity contribution is 7.85. The Morgan fingerprint density at radius 1 is 1.38 bits per heavy atom. The third kappa shape index (κ3) is 9.76. The Morgan fingerprint density at radius 3 is 2.46 bits per heavy atom. The average molecular weight is 212 g/mol. The Kier molecular flexibility index (Phi) is 6.24. The van der Waals surface area contributed by atoms with Gasteiger partial charge in [0.2, 0.25) is 0 Å². The minimum absolute atomic E-state index is 0.0519. The summed E-state index contributed by atoms with van der Waals surface area (Å²) in [4.78, 5) is 0. The second kappa shape index (κ2) is 6.32. The number of hydrogen-bond donors (Lipinski definition) is 0. The molecule has 0 spiro atoms. The third-order valence-electron chi connectivity index (χ3n) is 1.60. The molecule has 80 valence electrons. The van der Waals surface area contributed by atoms with Crippen molar-refractivity contribution in [1.29, 1.82) is 0 Å². The van der Waals surface area contributed by atoms with Gasteiger partial charge >= 0.3 is 0 Å². The van der Waals surface area contributed by atoms with Gasteiger partial charge in [0.25, 0.3) is 10.1 Å². The maximum absolute atomic E-state index is 12.9. The summed E-state index contributed by atoms with van der Waals surface area (Å²) in [6, 6.07) is 0. The van der Waals surface area contributed by atoms with Gasteiger partial charge in [0.15, 0.2) is 0 Å². The average Bonchev–Trinajstić information content (AvgIpc) is 1.98. The molecular weight excluding hydrogens is 195 g/mol. The van der Waals surface area contributed by atoms with Crippen LogP contribution in [0.25, 0.3) is 0 Å². The van der Waals surface area contributed by atoms with E-state index in [0.29, 0.717) is 6.42 Å². The number of alkyl halides is 1. The van der Waals surface area contributed by atoms with E-state index in [2.05, 4.69) is 4.18 Å². The van der Waals surface area contributed by atoms with Crippen molar-refractivity contribution in [1.82, 2.24) is 0 Å². The predicted octanol–water partition coefficient (Wildman–Crippen LogP) is 1.88. The normalized spacial score (nSPS) is 14.4. The number of halogens is 1. The van der Waals surface area contributed by atoms with Gasteiger partial charge in [0.1, 0.15) is 6.17 Å². The lowest BCUT2D eigenvalue weighted by molar-refractivity contribution is 0.228. The van der Waals surface area contributed by atoms with Crippen LogP contribution in [0.15, 0.2) is 0 Å². The Morgan fingerprint density at radius 2 is 2.00 bits per heavy atom. The highest BCUT2D eigenvalue weighted by Gasteiger charge is 2.08. The Labute approximate surface area is 79.4 Å². The van der Waals surface area contributed by atoms with E-state index >= 15 is 0 Å². The molecule has 1 atom stereocenters. The molecule has 3 nitrogen and oxygen atoms in total. The van der Waals surface area contributed by atoms with Crippen molar-refractivity contribution in [2.75, 3.05) is 12.9 Å². The SMILES string of the molecule is CCCCC(F)CCOS(C)(=O)=O. The molecule has 0 aliphatic heterocycles. The molecule has 0 heterocycles. The van der Waals surface area contributed by atoms with Gasteiger partial charge in [0, 0.05) is 6.42 Å². The molecular formula is C8H17FO3S. The van der Waals surface area contributed by atoms with Crippen LogP contribution in [0.2, 0.25) is 0 Å². The van der Waals surface area contributed by atoms with E-state index in [1.54, 1.807) is 0 Å². The zero-order valence-electron chi connectivity index (χ0n) is 8.12. The fraction of sp³-hybridized carbons (Fsp3) is 1.00. The smallest absolute Gasteiger partial charge is 0.264 e. The first-order chi connectivity index (χ1) is 5.95. The van der Waals surface area contributed by atoms with Crippen LogP contribution in [0, 0.1) is 0 Å². The number of rotatable bonds is 7. The summed E-state index contributed by atoms with van der Waals surface area (Å²) in [5.41, 5.74) is 0. The van der Waals surface area contributed by atoms with Gasteiger partial charge in [-0.15, -0.1) is 0 Å². The van der Waals surface area contributed by atoms with Crippen molar-refractivity contribution in [3.05, 3.63) is 0 Å². The van der Waals surface area contributed by atoms with Crippen LogP contribution in [-0.2, 0) is 14.3 Å². The number of hydrogen-bond acceptors (Lipinski definition) is 3. The lowest BCUT2D eigenvalue weighted by atomic mass is 10.1. The quantitative estimate of drug-likeness (QED) is 0.605. The topological polar surface area (TPSA) is 43.4 Å². The summed E-state index contributed by atoms with van der Waals surface area (Å²) in [6.07, 6.45) is 2.46. The van der Waals surface area contributed by atoms with Crippen molar-refractivity contribution >= 4 is 10.1 Å². The highest BCUT2D eigenvalue weighted by Crippen LogP contribution is 2.08. The van der Waals surface area contributed by atoms with Crippen LogP contribution in [0.1, 0.15) is 32.6 Å². The fourth-order valence-electron chi connectivity index (χ4n) is 0.897. The lowest BCUT2D eigenvalue weighted by Gasteiger charge is -2.06. The summed E-state index contributed by atoms with van der Waals surface area (Å²) in [5.74, 6) is 0. The molecule has 0 saturated carbocycles. The van der Waals surface area contributed by atoms with E-state index in [-0.39, 0.29) is 13.0 Å². The zero-order chi connectivity index (χ0) is 10.3. The van der Waals surface area contributed by atoms with Gasteiger partial charge in [-0.1, -0.05) is 19.8 Å². The molecule has 0 aliphatic rings. The van der Waals surface area contributed by atoms with Gasteiger partial charge in [-0.2, -0.15) is 8.42 Å². The van der Waals surface area contributed by atoms with Crippen LogP contribution in [0.3, 0.4) is 0 Å². The third-order valence-corrected chi connectivity index (χ3v) is 2.19. The van der Waals surface area contributed by atoms with Crippen molar-refractivity contribution < 1.29 is 17.0 Å². The molecule has 5 heteroatoms. The Balaban J connectivity index is 3.42. The fourth-order valence-corrected chi connectivity index (χ4v) is 1.30. The molecule has 0 radical (unpaired) electrons. The summed E-state index contributed by atoms with van der Waals surface area (Å²) in [5, 5.41) is 0. The van der Waals surface area contributed by atoms with Crippen molar-refractivity contribution in [3.63, 3.8) is 0 Å². The minimum atomic E-state index is -3.41. The monoisotopic (exact) mass is 212 g/mol. The second-order valence-corrected chi connectivity index (χ2v) is 4.70. The molecule has 0 aromatic carbocycles. The molecule has 13 heavy (non-hydrogen) atoms. The van der Waals surface area contributed by atoms with Crippen molar-refractivity contribution in [3.8, 4) is 0 Å². The largest absolute Gasteiger partial charge is 0.270 e. The molecule has 0 rings (SSSR count). The second-order valence-electron chi connectivity index (χ2n) is 3.05. The molecule has 0 aromatic heterocycles. The molecule has 0 aromatic rings. The first-order valence-corrected chi connectivity index (χ1v) is 6.26. The summed E-state index contributed by atoms with van der Waals surface area (Å²) < 4.78 is 38.3. The van der Waals surface area contributed by atoms with E-state index in [1.807, 2.05) is 6.92 Å². The van der Waals surface area contributed by atoms with Gasteiger partial charge in [-0.25, -0.2) is 4.39 Å². The zero-order valence-corrected chi connectivity index (χ0v) is 8.94. The van der Waals surface area contributed by atoms with Crippen molar-refractivity contribution in [2.24, 2.45) is 0 Å². The van der Waals surface area contributed by atoms with E-state index in [9.17, 15) is 12.8 Å². The van der Waals surface area contributed by atoms with Crippen LogP contribution in [-0.4, -0.2) is 27.5 Å². The van der Waals surface area contributed by atoms with Crippen LogP contribution < -0.4 is 0 Å². The van der Waals surface area contributed by atoms with Crippen LogP contribution in [0.4, 0.5) is 4.39 Å². The molecule has 0 N–H and O–H groups in total. The minimum Gasteiger partial charge on any atom is -0.270 e. The predicted molar refractivity (Wildman–Crippen MR) is 49.8 cm³/mol. The Bertz CT molecular complexity index is 213. The van der Waals surface area contributed by atoms with Crippen LogP contribution in [0.5, 0.6) is 0 Å². The van der Waals surface area contributed by atoms with Gasteiger partial charge in [-0.3, -0.25) is 4.18 Å².